The minimum atomic E-state index is -0.534. The van der Waals surface area contributed by atoms with E-state index in [9.17, 15) is 4.79 Å². The second-order valence-corrected chi connectivity index (χ2v) is 11.5. The second-order valence-electron chi connectivity index (χ2n) is 11.5. The summed E-state index contributed by atoms with van der Waals surface area (Å²) in [6, 6.07) is 3.46. The van der Waals surface area contributed by atoms with Crippen LogP contribution < -0.4 is 21.1 Å². The van der Waals surface area contributed by atoms with Crippen LogP contribution in [0.3, 0.4) is 0 Å². The van der Waals surface area contributed by atoms with E-state index < -0.39 is 5.82 Å². The van der Waals surface area contributed by atoms with Gasteiger partial charge in [-0.15, -0.1) is 0 Å². The molecule has 0 saturated heterocycles. The van der Waals surface area contributed by atoms with Crippen molar-refractivity contribution in [3.63, 3.8) is 0 Å². The Balaban J connectivity index is 1.28. The summed E-state index contributed by atoms with van der Waals surface area (Å²) in [7, 11) is 0. The predicted octanol–water partition coefficient (Wildman–Crippen LogP) is 5.07. The molecule has 202 valence electrons. The van der Waals surface area contributed by atoms with Gasteiger partial charge in [0.05, 0.1) is 17.4 Å². The topological polar surface area (TPSA) is 120 Å². The van der Waals surface area contributed by atoms with Gasteiger partial charge < -0.3 is 21.1 Å². The quantitative estimate of drug-likeness (QED) is 0.316. The molecule has 9 nitrogen and oxygen atoms in total. The van der Waals surface area contributed by atoms with E-state index in [1.807, 2.05) is 24.0 Å². The first-order chi connectivity index (χ1) is 18.5. The molecule has 39 heavy (non-hydrogen) atoms. The van der Waals surface area contributed by atoms with E-state index in [1.165, 1.54) is 6.20 Å². The maximum Gasteiger partial charge on any atom is 0.237 e. The van der Waals surface area contributed by atoms with Crippen LogP contribution in [-0.4, -0.2) is 38.8 Å². The van der Waals surface area contributed by atoms with Crippen LogP contribution in [0.2, 0.25) is 0 Å². The molecule has 0 bridgehead atoms. The molecule has 1 amide bonds. The molecule has 1 fully saturated rings. The lowest BCUT2D eigenvalue weighted by molar-refractivity contribution is -0.117. The van der Waals surface area contributed by atoms with Crippen LogP contribution in [-0.2, 0) is 10.3 Å². The lowest BCUT2D eigenvalue weighted by Crippen LogP contribution is -2.21. The maximum atomic E-state index is 15.5. The van der Waals surface area contributed by atoms with Crippen molar-refractivity contribution < 1.29 is 13.9 Å². The van der Waals surface area contributed by atoms with Crippen molar-refractivity contribution in [2.75, 3.05) is 29.5 Å². The van der Waals surface area contributed by atoms with Gasteiger partial charge in [-0.05, 0) is 62.3 Å². The number of nitrogens with two attached hydrogens (primary N) is 1. The van der Waals surface area contributed by atoms with Crippen LogP contribution in [0.5, 0.6) is 5.88 Å². The fraction of sp³-hybridized carbons (Fsp3) is 0.379. The zero-order valence-electron chi connectivity index (χ0n) is 22.7. The van der Waals surface area contributed by atoms with Crippen molar-refractivity contribution in [3.8, 4) is 17.0 Å². The molecule has 10 heteroatoms. The van der Waals surface area contributed by atoms with E-state index in [0.29, 0.717) is 46.7 Å². The van der Waals surface area contributed by atoms with Crippen molar-refractivity contribution in [1.29, 1.82) is 0 Å². The number of aromatic nitrogens is 4. The summed E-state index contributed by atoms with van der Waals surface area (Å²) >= 11 is 0. The molecule has 1 saturated carbocycles. The van der Waals surface area contributed by atoms with Gasteiger partial charge in [0.1, 0.15) is 18.1 Å². The predicted molar refractivity (Wildman–Crippen MR) is 149 cm³/mol. The number of pyridine rings is 2. The monoisotopic (exact) mass is 529 g/mol. The fourth-order valence-electron chi connectivity index (χ4n) is 5.52. The first kappa shape index (κ1) is 25.1. The molecule has 1 aromatic carbocycles. The molecule has 1 aliphatic heterocycles. The molecule has 2 aliphatic rings. The summed E-state index contributed by atoms with van der Waals surface area (Å²) in [5, 5.41) is 11.9. The average Bonchev–Trinajstić information content (AvgIpc) is 3.31. The van der Waals surface area contributed by atoms with Gasteiger partial charge in [-0.3, -0.25) is 9.48 Å². The number of amides is 1. The summed E-state index contributed by atoms with van der Waals surface area (Å²) in [5.41, 5.74) is 9.67. The highest BCUT2D eigenvalue weighted by molar-refractivity contribution is 6.01. The Hall–Kier alpha value is -4.21. The number of carbonyl (C=O) groups is 1. The average molecular weight is 530 g/mol. The van der Waals surface area contributed by atoms with E-state index in [4.69, 9.17) is 10.5 Å². The Kier molecular flexibility index (Phi) is 5.74. The number of halogens is 1. The van der Waals surface area contributed by atoms with Gasteiger partial charge in [-0.1, -0.05) is 6.92 Å². The second kappa shape index (κ2) is 8.93. The third-order valence-electron chi connectivity index (χ3n) is 7.84. The SMILES string of the molecule is Cc1c(-c2cc3cc(NC(=O)C4C(C)C4c4cnn(C(C)(C)C)c4)ncc3c(N)c2F)cnc2c1NCCO2. The molecule has 0 radical (unpaired) electrons. The molecular formula is C29H32FN7O2. The number of nitrogens with one attached hydrogen (secondary N) is 2. The highest BCUT2D eigenvalue weighted by Gasteiger charge is 2.53. The first-order valence-corrected chi connectivity index (χ1v) is 13.1. The number of nitrogens with zero attached hydrogens (tertiary/aromatic N) is 4. The standard InChI is InChI=1S/C29H32FN7O2/c1-14-19(11-34-28-26(14)32-6-7-39-28)18-8-16-9-21(33-12-20(16)25(31)24(18)30)36-27(38)23-15(2)22(23)17-10-35-37(13-17)29(3,4)5/h8-13,15,22-23,32H,6-7,31H2,1-5H3,(H,33,36,38). The summed E-state index contributed by atoms with van der Waals surface area (Å²) in [6.07, 6.45) is 6.99. The van der Waals surface area contributed by atoms with Crippen molar-refractivity contribution in [2.45, 2.75) is 46.1 Å². The van der Waals surface area contributed by atoms with Crippen molar-refractivity contribution in [1.82, 2.24) is 19.7 Å². The van der Waals surface area contributed by atoms with Crippen LogP contribution >= 0.6 is 0 Å². The first-order valence-electron chi connectivity index (χ1n) is 13.1. The molecule has 0 spiro atoms. The van der Waals surface area contributed by atoms with Crippen LogP contribution in [0.15, 0.2) is 36.9 Å². The Morgan fingerprint density at radius 3 is 2.74 bits per heavy atom. The van der Waals surface area contributed by atoms with Gasteiger partial charge in [0, 0.05) is 53.5 Å². The number of anilines is 3. The van der Waals surface area contributed by atoms with Gasteiger partial charge in [0.15, 0.2) is 5.82 Å². The zero-order valence-corrected chi connectivity index (χ0v) is 22.7. The Labute approximate surface area is 226 Å². The summed E-state index contributed by atoms with van der Waals surface area (Å²) in [6.45, 7) is 11.4. The number of nitrogen functional groups attached to an aromatic ring is 1. The van der Waals surface area contributed by atoms with Gasteiger partial charge >= 0.3 is 0 Å². The van der Waals surface area contributed by atoms with E-state index in [0.717, 1.165) is 16.8 Å². The third kappa shape index (κ3) is 4.24. The van der Waals surface area contributed by atoms with Crippen LogP contribution in [0, 0.1) is 24.6 Å². The number of hydrogen-bond acceptors (Lipinski definition) is 7. The highest BCUT2D eigenvalue weighted by Crippen LogP contribution is 2.54. The number of hydrogen-bond donors (Lipinski definition) is 3. The molecule has 4 N–H and O–H groups in total. The molecule has 4 aromatic rings. The molecule has 6 rings (SSSR count). The number of fused-ring (bicyclic) bond motifs is 2. The number of carbonyl (C=O) groups excluding carboxylic acids is 1. The van der Waals surface area contributed by atoms with Crippen LogP contribution in [0.4, 0.5) is 21.6 Å². The van der Waals surface area contributed by atoms with Gasteiger partial charge in [-0.25, -0.2) is 14.4 Å². The fourth-order valence-corrected chi connectivity index (χ4v) is 5.52. The molecule has 3 aromatic heterocycles. The van der Waals surface area contributed by atoms with Crippen molar-refractivity contribution in [3.05, 3.63) is 53.9 Å². The number of ether oxygens (including phenoxy) is 1. The van der Waals surface area contributed by atoms with Crippen molar-refractivity contribution in [2.24, 2.45) is 11.8 Å². The zero-order chi connectivity index (χ0) is 27.6. The molecule has 4 heterocycles. The van der Waals surface area contributed by atoms with E-state index in [-0.39, 0.29) is 34.9 Å². The van der Waals surface area contributed by atoms with Gasteiger partial charge in [-0.2, -0.15) is 5.10 Å². The highest BCUT2D eigenvalue weighted by atomic mass is 19.1. The van der Waals surface area contributed by atoms with Gasteiger partial charge in [0.25, 0.3) is 0 Å². The van der Waals surface area contributed by atoms with Gasteiger partial charge in [0.2, 0.25) is 11.8 Å². The Morgan fingerprint density at radius 1 is 1.21 bits per heavy atom. The van der Waals surface area contributed by atoms with E-state index in [2.05, 4.69) is 53.4 Å². The summed E-state index contributed by atoms with van der Waals surface area (Å²) in [4.78, 5) is 21.9. The summed E-state index contributed by atoms with van der Waals surface area (Å²) in [5.74, 6) is 0.388. The van der Waals surface area contributed by atoms with Crippen molar-refractivity contribution >= 4 is 33.9 Å². The Bertz CT molecular complexity index is 1620. The minimum Gasteiger partial charge on any atom is -0.474 e. The van der Waals surface area contributed by atoms with Crippen LogP contribution in [0.1, 0.15) is 44.7 Å². The summed E-state index contributed by atoms with van der Waals surface area (Å²) < 4.78 is 23.0. The van der Waals surface area contributed by atoms with E-state index in [1.54, 1.807) is 18.3 Å². The lowest BCUT2D eigenvalue weighted by atomic mass is 9.97. The maximum absolute atomic E-state index is 15.5. The Morgan fingerprint density at radius 2 is 2.00 bits per heavy atom. The number of benzene rings is 1. The number of rotatable bonds is 4. The third-order valence-corrected chi connectivity index (χ3v) is 7.84. The van der Waals surface area contributed by atoms with Crippen LogP contribution in [0.25, 0.3) is 21.9 Å². The minimum absolute atomic E-state index is 0.000876. The molecule has 3 unspecified atom stereocenters. The lowest BCUT2D eigenvalue weighted by Gasteiger charge is -2.22. The normalized spacial score (nSPS) is 20.2. The largest absolute Gasteiger partial charge is 0.474 e. The molecular weight excluding hydrogens is 497 g/mol. The van der Waals surface area contributed by atoms with E-state index >= 15 is 4.39 Å². The smallest absolute Gasteiger partial charge is 0.237 e. The molecule has 1 aliphatic carbocycles. The molecule has 3 atom stereocenters.